The average Bonchev–Trinajstić information content (AvgIpc) is 3.74. The number of carbonyl (C=O) groups excluding carboxylic acids is 1. The first kappa shape index (κ1) is 25.9. The van der Waals surface area contributed by atoms with Gasteiger partial charge in [-0.25, -0.2) is 19.7 Å². The number of aromatic nitrogens is 3. The molecule has 0 bridgehead atoms. The predicted octanol–water partition coefficient (Wildman–Crippen LogP) is 3.90. The van der Waals surface area contributed by atoms with Gasteiger partial charge >= 0.3 is 0 Å². The van der Waals surface area contributed by atoms with Gasteiger partial charge in [0.15, 0.2) is 5.03 Å². The average molecular weight is 539 g/mol. The highest BCUT2D eigenvalue weighted by Crippen LogP contribution is 2.42. The van der Waals surface area contributed by atoms with Crippen LogP contribution in [0.3, 0.4) is 0 Å². The maximum absolute atomic E-state index is 13.4. The zero-order valence-electron chi connectivity index (χ0n) is 21.5. The number of hydrogen-bond donors (Lipinski definition) is 2. The number of ether oxygens (including phenoxy) is 1. The van der Waals surface area contributed by atoms with Gasteiger partial charge in [0.2, 0.25) is 5.88 Å². The molecule has 2 aliphatic rings. The lowest BCUT2D eigenvalue weighted by Gasteiger charge is -2.34. The first-order valence-corrected chi connectivity index (χ1v) is 14.4. The highest BCUT2D eigenvalue weighted by atomic mass is 32.2. The third kappa shape index (κ3) is 5.88. The van der Waals surface area contributed by atoms with E-state index in [1.165, 1.54) is 31.0 Å². The van der Waals surface area contributed by atoms with Gasteiger partial charge < -0.3 is 15.4 Å². The summed E-state index contributed by atoms with van der Waals surface area (Å²) in [5.74, 6) is 1.51. The molecule has 3 N–H and O–H groups in total. The molecular weight excluding hydrogens is 504 g/mol. The highest BCUT2D eigenvalue weighted by molar-refractivity contribution is 7.90. The Hall–Kier alpha value is -3.73. The van der Waals surface area contributed by atoms with Crippen molar-refractivity contribution in [3.63, 3.8) is 0 Å². The van der Waals surface area contributed by atoms with E-state index in [0.29, 0.717) is 29.2 Å². The van der Waals surface area contributed by atoms with Crippen molar-refractivity contribution in [3.8, 4) is 17.1 Å². The van der Waals surface area contributed by atoms with Gasteiger partial charge in [-0.15, -0.1) is 0 Å². The molecule has 3 aromatic heterocycles. The fraction of sp³-hybridized carbons (Fsp3) is 0.407. The van der Waals surface area contributed by atoms with Gasteiger partial charge in [0.1, 0.15) is 11.6 Å². The van der Waals surface area contributed by atoms with Gasteiger partial charge in [0.05, 0.1) is 17.4 Å². The van der Waals surface area contributed by atoms with Crippen LogP contribution in [0.4, 0.5) is 11.6 Å². The Morgan fingerprint density at radius 3 is 2.61 bits per heavy atom. The molecule has 3 aromatic rings. The van der Waals surface area contributed by atoms with Crippen LogP contribution in [-0.4, -0.2) is 48.5 Å². The van der Waals surface area contributed by atoms with Gasteiger partial charge in [0.25, 0.3) is 15.9 Å². The number of anilines is 2. The summed E-state index contributed by atoms with van der Waals surface area (Å²) in [5, 5.41) is -0.321. The number of piperidine rings is 1. The maximum Gasteiger partial charge on any atom is 0.281 e. The zero-order valence-corrected chi connectivity index (χ0v) is 22.3. The van der Waals surface area contributed by atoms with Crippen LogP contribution in [0, 0.1) is 11.8 Å². The standard InChI is InChI=1S/C27H32N6O4S.H2/c1-17(2)37-24-13-10-19(15-29-24)22-12-11-21(26(30-22)33-14-4-5-20(16-33)18-8-9-18)27(34)32-38(35,36)25-7-3-6-23(28)31-25;/h3,6-7,10-13,15,17-18,20H,4-5,8-9,14,16H2,1-2H3,(H2,28,31)(H,32,34);1H. The molecule has 5 rings (SSSR count). The largest absolute Gasteiger partial charge is 0.475 e. The third-order valence-corrected chi connectivity index (χ3v) is 8.03. The fourth-order valence-corrected chi connectivity index (χ4v) is 5.78. The van der Waals surface area contributed by atoms with E-state index in [9.17, 15) is 13.2 Å². The Balaban J connectivity index is 0.00000353. The summed E-state index contributed by atoms with van der Waals surface area (Å²) in [6.07, 6.45) is 6.31. The molecule has 1 atom stereocenters. The lowest BCUT2D eigenvalue weighted by atomic mass is 9.93. The van der Waals surface area contributed by atoms with E-state index in [2.05, 4.69) is 19.6 Å². The summed E-state index contributed by atoms with van der Waals surface area (Å²) < 4.78 is 33.6. The van der Waals surface area contributed by atoms with Crippen molar-refractivity contribution in [2.45, 2.75) is 50.7 Å². The van der Waals surface area contributed by atoms with E-state index in [1.54, 1.807) is 24.4 Å². The van der Waals surface area contributed by atoms with Crippen LogP contribution >= 0.6 is 0 Å². The van der Waals surface area contributed by atoms with Crippen molar-refractivity contribution in [1.82, 2.24) is 19.7 Å². The topological polar surface area (TPSA) is 140 Å². The summed E-state index contributed by atoms with van der Waals surface area (Å²) in [6, 6.07) is 11.2. The molecule has 0 radical (unpaired) electrons. The molecular formula is C27H34N6O4S. The number of amides is 1. The number of nitrogens with two attached hydrogens (primary N) is 1. The van der Waals surface area contributed by atoms with Crippen molar-refractivity contribution < 1.29 is 19.4 Å². The molecule has 1 aliphatic carbocycles. The molecule has 10 nitrogen and oxygen atoms in total. The number of nitrogens with one attached hydrogen (secondary N) is 1. The molecule has 0 aromatic carbocycles. The minimum atomic E-state index is -4.23. The maximum atomic E-state index is 13.4. The lowest BCUT2D eigenvalue weighted by Crippen LogP contribution is -2.39. The van der Waals surface area contributed by atoms with Crippen LogP contribution in [0.5, 0.6) is 5.88 Å². The van der Waals surface area contributed by atoms with E-state index in [-0.39, 0.29) is 23.9 Å². The molecule has 38 heavy (non-hydrogen) atoms. The van der Waals surface area contributed by atoms with E-state index in [4.69, 9.17) is 15.5 Å². The number of nitrogen functional groups attached to an aromatic ring is 1. The molecule has 0 spiro atoms. The van der Waals surface area contributed by atoms with Crippen molar-refractivity contribution in [1.29, 1.82) is 0 Å². The second kappa shape index (κ2) is 10.6. The molecule has 1 saturated heterocycles. The molecule has 4 heterocycles. The van der Waals surface area contributed by atoms with Crippen molar-refractivity contribution in [2.75, 3.05) is 23.7 Å². The van der Waals surface area contributed by atoms with E-state index >= 15 is 0 Å². The van der Waals surface area contributed by atoms with Crippen LogP contribution in [0.2, 0.25) is 0 Å². The Labute approximate surface area is 224 Å². The SMILES string of the molecule is CC(C)Oc1ccc(-c2ccc(C(=O)NS(=O)(=O)c3cccc(N)n3)c(N3CCCC(C4CC4)C3)n2)cn1.[HH]. The number of sulfonamides is 1. The molecule has 1 aliphatic heterocycles. The normalized spacial score (nSPS) is 17.9. The number of rotatable bonds is 8. The van der Waals surface area contributed by atoms with Gasteiger partial charge in [-0.2, -0.15) is 8.42 Å². The molecule has 2 fully saturated rings. The van der Waals surface area contributed by atoms with E-state index in [0.717, 1.165) is 31.5 Å². The first-order valence-electron chi connectivity index (χ1n) is 12.9. The van der Waals surface area contributed by atoms with Gasteiger partial charge in [-0.3, -0.25) is 4.79 Å². The Kier molecular flexibility index (Phi) is 7.20. The van der Waals surface area contributed by atoms with Crippen LogP contribution in [-0.2, 0) is 10.0 Å². The summed E-state index contributed by atoms with van der Waals surface area (Å²) in [6.45, 7) is 5.39. The Morgan fingerprint density at radius 1 is 1.11 bits per heavy atom. The number of nitrogens with zero attached hydrogens (tertiary/aromatic N) is 4. The second-order valence-corrected chi connectivity index (χ2v) is 11.8. The van der Waals surface area contributed by atoms with Crippen molar-refractivity contribution >= 4 is 27.6 Å². The monoisotopic (exact) mass is 538 g/mol. The summed E-state index contributed by atoms with van der Waals surface area (Å²) >= 11 is 0. The zero-order chi connectivity index (χ0) is 26.9. The van der Waals surface area contributed by atoms with Gasteiger partial charge in [-0.1, -0.05) is 6.07 Å². The van der Waals surface area contributed by atoms with E-state index < -0.39 is 15.9 Å². The Morgan fingerprint density at radius 2 is 1.92 bits per heavy atom. The minimum Gasteiger partial charge on any atom is -0.475 e. The fourth-order valence-electron chi connectivity index (χ4n) is 4.83. The van der Waals surface area contributed by atoms with Gasteiger partial charge in [0, 0.05) is 32.3 Å². The van der Waals surface area contributed by atoms with Gasteiger partial charge in [-0.05, 0) is 81.7 Å². The number of pyridine rings is 3. The summed E-state index contributed by atoms with van der Waals surface area (Å²) in [5.41, 5.74) is 7.23. The molecule has 1 amide bonds. The smallest absolute Gasteiger partial charge is 0.281 e. The third-order valence-electron chi connectivity index (χ3n) is 6.80. The van der Waals surface area contributed by atoms with Crippen molar-refractivity contribution in [2.24, 2.45) is 11.8 Å². The van der Waals surface area contributed by atoms with E-state index in [1.807, 2.05) is 19.9 Å². The summed E-state index contributed by atoms with van der Waals surface area (Å²) in [4.78, 5) is 28.6. The van der Waals surface area contributed by atoms with Crippen molar-refractivity contribution in [3.05, 3.63) is 54.2 Å². The first-order chi connectivity index (χ1) is 18.2. The van der Waals surface area contributed by atoms with Crippen LogP contribution < -0.4 is 20.1 Å². The lowest BCUT2D eigenvalue weighted by molar-refractivity contribution is 0.0981. The number of carbonyl (C=O) groups is 1. The van der Waals surface area contributed by atoms with Crippen LogP contribution in [0.15, 0.2) is 53.7 Å². The summed E-state index contributed by atoms with van der Waals surface area (Å²) in [7, 11) is -4.23. The predicted molar refractivity (Wildman–Crippen MR) is 146 cm³/mol. The molecule has 11 heteroatoms. The molecule has 202 valence electrons. The van der Waals surface area contributed by atoms with Crippen LogP contribution in [0.1, 0.15) is 51.3 Å². The highest BCUT2D eigenvalue weighted by Gasteiger charge is 2.35. The quantitative estimate of drug-likeness (QED) is 0.437. The molecule has 1 unspecified atom stereocenters. The second-order valence-electron chi connectivity index (χ2n) is 10.1. The molecule has 1 saturated carbocycles. The minimum absolute atomic E-state index is 0. The Bertz CT molecular complexity index is 1430. The van der Waals surface area contributed by atoms with Crippen LogP contribution in [0.25, 0.3) is 11.3 Å². The number of hydrogen-bond acceptors (Lipinski definition) is 9.